The number of anilines is 1. The lowest BCUT2D eigenvalue weighted by molar-refractivity contribution is -0.114. The van der Waals surface area contributed by atoms with Crippen LogP contribution in [-0.4, -0.2) is 28.9 Å². The third-order valence-corrected chi connectivity index (χ3v) is 5.07. The van der Waals surface area contributed by atoms with Gasteiger partial charge in [0, 0.05) is 36.7 Å². The highest BCUT2D eigenvalue weighted by Gasteiger charge is 2.11. The molecule has 3 aromatic carbocycles. The minimum atomic E-state index is -0.164. The largest absolute Gasteiger partial charge is 0.496 e. The number of carbonyl (C=O) groups excluding carboxylic acids is 2. The predicted octanol–water partition coefficient (Wildman–Crippen LogP) is 4.05. The number of carbonyl (C=O) groups is 2. The van der Waals surface area contributed by atoms with Gasteiger partial charge in [-0.1, -0.05) is 30.3 Å². The molecule has 0 radical (unpaired) electrons. The Morgan fingerprint density at radius 1 is 1.03 bits per heavy atom. The van der Waals surface area contributed by atoms with Crippen molar-refractivity contribution < 1.29 is 14.3 Å². The lowest BCUT2D eigenvalue weighted by Crippen LogP contribution is -2.23. The number of H-pyrrole nitrogens is 1. The number of fused-ring (bicyclic) bond motifs is 1. The van der Waals surface area contributed by atoms with E-state index < -0.39 is 0 Å². The van der Waals surface area contributed by atoms with Crippen molar-refractivity contribution in [3.63, 3.8) is 0 Å². The Morgan fingerprint density at radius 3 is 2.56 bits per heavy atom. The number of imidazole rings is 1. The van der Waals surface area contributed by atoms with Gasteiger partial charge in [0.15, 0.2) is 0 Å². The summed E-state index contributed by atoms with van der Waals surface area (Å²) in [5, 5.41) is 5.69. The number of nitrogens with one attached hydrogen (secondary N) is 3. The first-order valence-corrected chi connectivity index (χ1v) is 10.3. The molecular weight excluding hydrogens is 404 g/mol. The molecule has 1 heterocycles. The van der Waals surface area contributed by atoms with Crippen molar-refractivity contribution in [2.75, 3.05) is 12.4 Å². The fourth-order valence-corrected chi connectivity index (χ4v) is 3.52. The molecule has 0 bridgehead atoms. The molecule has 0 spiro atoms. The highest BCUT2D eigenvalue weighted by molar-refractivity contribution is 5.97. The monoisotopic (exact) mass is 428 g/mol. The van der Waals surface area contributed by atoms with Crippen LogP contribution in [0.4, 0.5) is 5.69 Å². The summed E-state index contributed by atoms with van der Waals surface area (Å²) in [6.45, 7) is 1.86. The van der Waals surface area contributed by atoms with E-state index >= 15 is 0 Å². The molecule has 7 nitrogen and oxygen atoms in total. The SMILES string of the molecule is COc1ccccc1CNC(=O)c1ccc2nc(Cc3ccc(NC(C)=O)cc3)[nH]c2c1. The van der Waals surface area contributed by atoms with Gasteiger partial charge >= 0.3 is 0 Å². The second-order valence-corrected chi connectivity index (χ2v) is 7.46. The first-order valence-electron chi connectivity index (χ1n) is 10.3. The number of hydrogen-bond acceptors (Lipinski definition) is 4. The molecule has 0 aliphatic heterocycles. The summed E-state index contributed by atoms with van der Waals surface area (Å²) in [5.74, 6) is 1.28. The van der Waals surface area contributed by atoms with Gasteiger partial charge in [0.05, 0.1) is 18.1 Å². The summed E-state index contributed by atoms with van der Waals surface area (Å²) in [7, 11) is 1.61. The number of hydrogen-bond donors (Lipinski definition) is 3. The van der Waals surface area contributed by atoms with Crippen LogP contribution in [0.5, 0.6) is 5.75 Å². The molecule has 0 aliphatic rings. The number of methoxy groups -OCH3 is 1. The van der Waals surface area contributed by atoms with E-state index in [1.54, 1.807) is 13.2 Å². The maximum Gasteiger partial charge on any atom is 0.251 e. The van der Waals surface area contributed by atoms with Gasteiger partial charge in [0.2, 0.25) is 5.91 Å². The normalized spacial score (nSPS) is 10.7. The van der Waals surface area contributed by atoms with Gasteiger partial charge in [0.25, 0.3) is 5.91 Å². The molecule has 3 N–H and O–H groups in total. The molecule has 0 saturated carbocycles. The highest BCUT2D eigenvalue weighted by Crippen LogP contribution is 2.19. The van der Waals surface area contributed by atoms with Crippen LogP contribution in [0.3, 0.4) is 0 Å². The van der Waals surface area contributed by atoms with E-state index in [9.17, 15) is 9.59 Å². The van der Waals surface area contributed by atoms with Crippen molar-refractivity contribution in [3.8, 4) is 5.75 Å². The van der Waals surface area contributed by atoms with Crippen LogP contribution in [0, 0.1) is 0 Å². The maximum atomic E-state index is 12.7. The number of para-hydroxylation sites is 1. The Balaban J connectivity index is 1.44. The van der Waals surface area contributed by atoms with Crippen molar-refractivity contribution in [2.24, 2.45) is 0 Å². The van der Waals surface area contributed by atoms with Crippen LogP contribution in [-0.2, 0) is 17.8 Å². The van der Waals surface area contributed by atoms with Crippen molar-refractivity contribution in [1.29, 1.82) is 0 Å². The minimum Gasteiger partial charge on any atom is -0.496 e. The van der Waals surface area contributed by atoms with Gasteiger partial charge in [-0.25, -0.2) is 4.98 Å². The molecule has 4 rings (SSSR count). The summed E-state index contributed by atoms with van der Waals surface area (Å²) >= 11 is 0. The van der Waals surface area contributed by atoms with Gasteiger partial charge in [-0.2, -0.15) is 0 Å². The Hall–Kier alpha value is -4.13. The minimum absolute atomic E-state index is 0.0993. The summed E-state index contributed by atoms with van der Waals surface area (Å²) in [6, 6.07) is 20.7. The van der Waals surface area contributed by atoms with Crippen molar-refractivity contribution in [2.45, 2.75) is 19.9 Å². The molecule has 0 saturated heterocycles. The smallest absolute Gasteiger partial charge is 0.251 e. The molecule has 1 aromatic heterocycles. The number of ether oxygens (including phenoxy) is 1. The van der Waals surface area contributed by atoms with E-state index in [0.717, 1.165) is 39.4 Å². The van der Waals surface area contributed by atoms with Crippen LogP contribution >= 0.6 is 0 Å². The fraction of sp³-hybridized carbons (Fsp3) is 0.160. The molecular formula is C25H24N4O3. The van der Waals surface area contributed by atoms with Crippen LogP contribution in [0.25, 0.3) is 11.0 Å². The summed E-state index contributed by atoms with van der Waals surface area (Å²) in [6.07, 6.45) is 0.615. The number of nitrogens with zero attached hydrogens (tertiary/aromatic N) is 1. The molecule has 0 aliphatic carbocycles. The molecule has 0 fully saturated rings. The highest BCUT2D eigenvalue weighted by atomic mass is 16.5. The molecule has 2 amide bonds. The second-order valence-electron chi connectivity index (χ2n) is 7.46. The van der Waals surface area contributed by atoms with Gasteiger partial charge in [-0.15, -0.1) is 0 Å². The Bertz CT molecular complexity index is 1260. The molecule has 162 valence electrons. The lowest BCUT2D eigenvalue weighted by atomic mass is 10.1. The van der Waals surface area contributed by atoms with E-state index in [1.165, 1.54) is 6.92 Å². The van der Waals surface area contributed by atoms with Crippen molar-refractivity contribution in [3.05, 3.63) is 89.2 Å². The third kappa shape index (κ3) is 4.95. The van der Waals surface area contributed by atoms with E-state index in [1.807, 2.05) is 60.7 Å². The first-order chi connectivity index (χ1) is 15.5. The molecule has 7 heteroatoms. The Labute approximate surface area is 185 Å². The van der Waals surface area contributed by atoms with Crippen molar-refractivity contribution in [1.82, 2.24) is 15.3 Å². The third-order valence-electron chi connectivity index (χ3n) is 5.07. The van der Waals surface area contributed by atoms with Crippen LogP contribution in [0.15, 0.2) is 66.7 Å². The van der Waals surface area contributed by atoms with Crippen LogP contribution < -0.4 is 15.4 Å². The maximum absolute atomic E-state index is 12.7. The Kier molecular flexibility index (Phi) is 6.17. The average molecular weight is 428 g/mol. The van der Waals surface area contributed by atoms with Gasteiger partial charge in [0.1, 0.15) is 11.6 Å². The van der Waals surface area contributed by atoms with Gasteiger partial charge in [-0.3, -0.25) is 9.59 Å². The van der Waals surface area contributed by atoms with Crippen LogP contribution in [0.2, 0.25) is 0 Å². The summed E-state index contributed by atoms with van der Waals surface area (Å²) < 4.78 is 5.33. The summed E-state index contributed by atoms with van der Waals surface area (Å²) in [4.78, 5) is 31.7. The zero-order valence-electron chi connectivity index (χ0n) is 17.9. The summed E-state index contributed by atoms with van der Waals surface area (Å²) in [5.41, 5.74) is 4.90. The van der Waals surface area contributed by atoms with E-state index in [2.05, 4.69) is 20.6 Å². The molecule has 4 aromatic rings. The van der Waals surface area contributed by atoms with E-state index in [0.29, 0.717) is 18.5 Å². The predicted molar refractivity (Wildman–Crippen MR) is 124 cm³/mol. The van der Waals surface area contributed by atoms with Crippen LogP contribution in [0.1, 0.15) is 34.2 Å². The average Bonchev–Trinajstić information content (AvgIpc) is 3.20. The quantitative estimate of drug-likeness (QED) is 0.414. The van der Waals surface area contributed by atoms with E-state index in [4.69, 9.17) is 4.74 Å². The zero-order chi connectivity index (χ0) is 22.5. The fourth-order valence-electron chi connectivity index (χ4n) is 3.52. The standard InChI is InChI=1S/C25H24N4O3/c1-16(30)27-20-10-7-17(8-11-20)13-24-28-21-12-9-18(14-22(21)29-24)25(31)26-15-19-5-3-4-6-23(19)32-2/h3-12,14H,13,15H2,1-2H3,(H,26,31)(H,27,30)(H,28,29). The zero-order valence-corrected chi connectivity index (χ0v) is 17.9. The van der Waals surface area contributed by atoms with Gasteiger partial charge in [-0.05, 0) is 42.0 Å². The van der Waals surface area contributed by atoms with Gasteiger partial charge < -0.3 is 20.4 Å². The molecule has 0 unspecified atom stereocenters. The molecule has 32 heavy (non-hydrogen) atoms. The second kappa shape index (κ2) is 9.34. The topological polar surface area (TPSA) is 96.1 Å². The van der Waals surface area contributed by atoms with E-state index in [-0.39, 0.29) is 11.8 Å². The number of aromatic amines is 1. The lowest BCUT2D eigenvalue weighted by Gasteiger charge is -2.09. The molecule has 0 atom stereocenters. The number of benzene rings is 3. The van der Waals surface area contributed by atoms with Crippen molar-refractivity contribution >= 4 is 28.5 Å². The first kappa shape index (κ1) is 21.1. The Morgan fingerprint density at radius 2 is 1.81 bits per heavy atom. The number of aromatic nitrogens is 2. The number of rotatable bonds is 7. The number of amides is 2.